The molecule has 23 heavy (non-hydrogen) atoms. The minimum absolute atomic E-state index is 0.142. The van der Waals surface area contributed by atoms with Crippen molar-refractivity contribution in [1.29, 1.82) is 0 Å². The second kappa shape index (κ2) is 5.92. The quantitative estimate of drug-likeness (QED) is 0.892. The Morgan fingerprint density at radius 2 is 2.13 bits per heavy atom. The molecule has 2 N–H and O–H groups in total. The van der Waals surface area contributed by atoms with Crippen LogP contribution >= 0.6 is 0 Å². The third-order valence-electron chi connectivity index (χ3n) is 4.18. The van der Waals surface area contributed by atoms with E-state index >= 15 is 0 Å². The van der Waals surface area contributed by atoms with Crippen molar-refractivity contribution in [3.8, 4) is 11.5 Å². The Labute approximate surface area is 133 Å². The molecule has 0 aliphatic carbocycles. The number of anilines is 3. The molecule has 1 saturated heterocycles. The summed E-state index contributed by atoms with van der Waals surface area (Å²) < 4.78 is 10.7. The van der Waals surface area contributed by atoms with Crippen LogP contribution in [0.4, 0.5) is 17.3 Å². The van der Waals surface area contributed by atoms with Crippen LogP contribution < -0.4 is 19.7 Å². The van der Waals surface area contributed by atoms with E-state index in [-0.39, 0.29) is 19.4 Å². The molecule has 2 aliphatic rings. The molecule has 1 unspecified atom stereocenters. The normalized spacial score (nSPS) is 19.2. The number of hydrogen-bond acceptors (Lipinski definition) is 7. The van der Waals surface area contributed by atoms with Gasteiger partial charge >= 0.3 is 0 Å². The first-order chi connectivity index (χ1) is 11.3. The Hall–Kier alpha value is -2.54. The van der Waals surface area contributed by atoms with Crippen molar-refractivity contribution in [3.63, 3.8) is 0 Å². The Bertz CT molecular complexity index is 709. The summed E-state index contributed by atoms with van der Waals surface area (Å²) in [6.45, 7) is 1.31. The van der Waals surface area contributed by atoms with Gasteiger partial charge in [-0.25, -0.2) is 9.97 Å². The average Bonchev–Trinajstić information content (AvgIpc) is 3.23. The predicted molar refractivity (Wildman–Crippen MR) is 85.3 cm³/mol. The monoisotopic (exact) mass is 314 g/mol. The molecule has 0 saturated carbocycles. The third kappa shape index (κ3) is 2.75. The molecule has 7 nitrogen and oxygen atoms in total. The van der Waals surface area contributed by atoms with Crippen LogP contribution in [-0.4, -0.2) is 41.1 Å². The van der Waals surface area contributed by atoms with E-state index in [1.165, 1.54) is 6.33 Å². The van der Waals surface area contributed by atoms with E-state index in [0.717, 1.165) is 42.4 Å². The van der Waals surface area contributed by atoms with Gasteiger partial charge in [0.2, 0.25) is 6.79 Å². The van der Waals surface area contributed by atoms with Crippen LogP contribution in [0.1, 0.15) is 12.8 Å². The van der Waals surface area contributed by atoms with Crippen LogP contribution in [0.25, 0.3) is 0 Å². The van der Waals surface area contributed by atoms with Gasteiger partial charge in [-0.05, 0) is 25.0 Å². The smallest absolute Gasteiger partial charge is 0.231 e. The molecule has 7 heteroatoms. The van der Waals surface area contributed by atoms with Crippen molar-refractivity contribution in [2.24, 2.45) is 0 Å². The van der Waals surface area contributed by atoms with Gasteiger partial charge in [-0.15, -0.1) is 0 Å². The standard InChI is InChI=1S/C16H18N4O3/c21-8-12-2-1-5-20(12)16-7-15(17-9-18-16)19-11-3-4-13-14(6-11)23-10-22-13/h3-4,6-7,9,12,21H,1-2,5,8,10H2,(H,17,18,19). The number of hydrogen-bond donors (Lipinski definition) is 2. The number of nitrogens with zero attached hydrogens (tertiary/aromatic N) is 3. The molecular formula is C16H18N4O3. The SMILES string of the molecule is OCC1CCCN1c1cc(Nc2ccc3c(c2)OCO3)ncn1. The summed E-state index contributed by atoms with van der Waals surface area (Å²) in [5, 5.41) is 12.7. The topological polar surface area (TPSA) is 79.7 Å². The van der Waals surface area contributed by atoms with E-state index in [1.807, 2.05) is 24.3 Å². The summed E-state index contributed by atoms with van der Waals surface area (Å²) in [6, 6.07) is 7.72. The van der Waals surface area contributed by atoms with Crippen molar-refractivity contribution < 1.29 is 14.6 Å². The van der Waals surface area contributed by atoms with Gasteiger partial charge in [0.15, 0.2) is 11.5 Å². The van der Waals surface area contributed by atoms with Crippen molar-refractivity contribution in [2.75, 3.05) is 30.2 Å². The Balaban J connectivity index is 1.54. The number of fused-ring (bicyclic) bond motifs is 1. The van der Waals surface area contributed by atoms with Crippen LogP contribution in [0.15, 0.2) is 30.6 Å². The van der Waals surface area contributed by atoms with Gasteiger partial charge in [0.05, 0.1) is 12.6 Å². The molecule has 1 aromatic carbocycles. The summed E-state index contributed by atoms with van der Waals surface area (Å²) in [6.07, 6.45) is 3.60. The Morgan fingerprint density at radius 1 is 1.22 bits per heavy atom. The Morgan fingerprint density at radius 3 is 3.04 bits per heavy atom. The summed E-state index contributed by atoms with van der Waals surface area (Å²) >= 11 is 0. The van der Waals surface area contributed by atoms with Crippen LogP contribution in [-0.2, 0) is 0 Å². The van der Waals surface area contributed by atoms with E-state index in [2.05, 4.69) is 20.2 Å². The molecule has 3 heterocycles. The van der Waals surface area contributed by atoms with E-state index in [9.17, 15) is 5.11 Å². The number of aromatic nitrogens is 2. The van der Waals surface area contributed by atoms with Crippen molar-refractivity contribution >= 4 is 17.3 Å². The van der Waals surface area contributed by atoms with Gasteiger partial charge in [0.1, 0.15) is 18.0 Å². The fourth-order valence-corrected chi connectivity index (χ4v) is 3.02. The van der Waals surface area contributed by atoms with Crippen LogP contribution in [0.3, 0.4) is 0 Å². The fourth-order valence-electron chi connectivity index (χ4n) is 3.02. The van der Waals surface area contributed by atoms with E-state index < -0.39 is 0 Å². The number of rotatable bonds is 4. The van der Waals surface area contributed by atoms with Gasteiger partial charge in [-0.2, -0.15) is 0 Å². The first-order valence-electron chi connectivity index (χ1n) is 7.70. The van der Waals surface area contributed by atoms with Crippen molar-refractivity contribution in [1.82, 2.24) is 9.97 Å². The summed E-state index contributed by atoms with van der Waals surface area (Å²) in [5.41, 5.74) is 0.874. The summed E-state index contributed by atoms with van der Waals surface area (Å²) in [7, 11) is 0. The van der Waals surface area contributed by atoms with Gasteiger partial charge in [0.25, 0.3) is 0 Å². The minimum atomic E-state index is 0.142. The largest absolute Gasteiger partial charge is 0.454 e. The molecular weight excluding hydrogens is 296 g/mol. The van der Waals surface area contributed by atoms with Crippen LogP contribution in [0.2, 0.25) is 0 Å². The Kier molecular flexibility index (Phi) is 3.63. The van der Waals surface area contributed by atoms with Crippen molar-refractivity contribution in [3.05, 3.63) is 30.6 Å². The molecule has 1 aromatic heterocycles. The molecule has 2 aliphatic heterocycles. The zero-order chi connectivity index (χ0) is 15.6. The zero-order valence-electron chi connectivity index (χ0n) is 12.6. The highest BCUT2D eigenvalue weighted by atomic mass is 16.7. The highest BCUT2D eigenvalue weighted by molar-refractivity contribution is 5.63. The van der Waals surface area contributed by atoms with E-state index in [1.54, 1.807) is 0 Å². The van der Waals surface area contributed by atoms with Gasteiger partial charge < -0.3 is 24.8 Å². The zero-order valence-corrected chi connectivity index (χ0v) is 12.6. The molecule has 4 rings (SSSR count). The maximum absolute atomic E-state index is 9.47. The highest BCUT2D eigenvalue weighted by Gasteiger charge is 2.25. The average molecular weight is 314 g/mol. The second-order valence-corrected chi connectivity index (χ2v) is 5.63. The maximum atomic E-state index is 9.47. The van der Waals surface area contributed by atoms with E-state index in [0.29, 0.717) is 5.82 Å². The number of nitrogens with one attached hydrogen (secondary N) is 1. The van der Waals surface area contributed by atoms with Crippen LogP contribution in [0.5, 0.6) is 11.5 Å². The van der Waals surface area contributed by atoms with Gasteiger partial charge in [-0.3, -0.25) is 0 Å². The summed E-state index contributed by atoms with van der Waals surface area (Å²) in [4.78, 5) is 10.7. The third-order valence-corrected chi connectivity index (χ3v) is 4.18. The lowest BCUT2D eigenvalue weighted by atomic mass is 10.2. The van der Waals surface area contributed by atoms with Crippen molar-refractivity contribution in [2.45, 2.75) is 18.9 Å². The second-order valence-electron chi connectivity index (χ2n) is 5.63. The molecule has 0 radical (unpaired) electrons. The molecule has 1 atom stereocenters. The van der Waals surface area contributed by atoms with Gasteiger partial charge in [0, 0.05) is 24.4 Å². The lowest BCUT2D eigenvalue weighted by Gasteiger charge is -2.24. The maximum Gasteiger partial charge on any atom is 0.231 e. The predicted octanol–water partition coefficient (Wildman–Crippen LogP) is 1.91. The fraction of sp³-hybridized carbons (Fsp3) is 0.375. The molecule has 0 amide bonds. The van der Waals surface area contributed by atoms with Crippen LogP contribution in [0, 0.1) is 0 Å². The molecule has 0 spiro atoms. The molecule has 1 fully saturated rings. The first-order valence-corrected chi connectivity index (χ1v) is 7.70. The summed E-state index contributed by atoms with van der Waals surface area (Å²) in [5.74, 6) is 3.02. The van der Waals surface area contributed by atoms with E-state index in [4.69, 9.17) is 9.47 Å². The number of benzene rings is 1. The highest BCUT2D eigenvalue weighted by Crippen LogP contribution is 2.35. The first kappa shape index (κ1) is 14.1. The molecule has 0 bridgehead atoms. The van der Waals surface area contributed by atoms with Gasteiger partial charge in [-0.1, -0.05) is 0 Å². The number of aliphatic hydroxyl groups excluding tert-OH is 1. The molecule has 2 aromatic rings. The number of aliphatic hydroxyl groups is 1. The minimum Gasteiger partial charge on any atom is -0.454 e. The lowest BCUT2D eigenvalue weighted by Crippen LogP contribution is -2.32. The lowest BCUT2D eigenvalue weighted by molar-refractivity contribution is 0.174. The molecule has 120 valence electrons. The number of ether oxygens (including phenoxy) is 2.